The summed E-state index contributed by atoms with van der Waals surface area (Å²) in [4.78, 5) is 27.4. The molecule has 0 unspecified atom stereocenters. The van der Waals surface area contributed by atoms with Crippen LogP contribution >= 0.6 is 11.6 Å². The van der Waals surface area contributed by atoms with Gasteiger partial charge in [-0.25, -0.2) is 9.50 Å². The summed E-state index contributed by atoms with van der Waals surface area (Å²) in [7, 11) is 0. The summed E-state index contributed by atoms with van der Waals surface area (Å²) in [6.07, 6.45) is 4.76. The second-order valence-electron chi connectivity index (χ2n) is 5.96. The van der Waals surface area contributed by atoms with Crippen molar-refractivity contribution in [1.82, 2.24) is 29.5 Å². The van der Waals surface area contributed by atoms with E-state index < -0.39 is 6.67 Å². The van der Waals surface area contributed by atoms with Gasteiger partial charge in [-0.3, -0.25) is 19.2 Å². The van der Waals surface area contributed by atoms with Crippen LogP contribution in [-0.2, 0) is 0 Å². The van der Waals surface area contributed by atoms with E-state index in [9.17, 15) is 9.18 Å². The Hall–Kier alpha value is -2.61. The van der Waals surface area contributed by atoms with Gasteiger partial charge >= 0.3 is 0 Å². The molecule has 0 radical (unpaired) electrons. The lowest BCUT2D eigenvalue weighted by Gasteiger charge is -2.37. The van der Waals surface area contributed by atoms with Gasteiger partial charge in [0.05, 0.1) is 12.4 Å². The lowest BCUT2D eigenvalue weighted by Crippen LogP contribution is -2.50. The van der Waals surface area contributed by atoms with Crippen LogP contribution in [0.3, 0.4) is 0 Å². The molecule has 1 amide bonds. The Balaban J connectivity index is 1.88. The molecule has 1 aliphatic heterocycles. The molecule has 25 heavy (non-hydrogen) atoms. The molecule has 128 valence electrons. The molecule has 0 N–H and O–H groups in total. The van der Waals surface area contributed by atoms with Crippen LogP contribution in [0.4, 0.5) is 4.39 Å². The van der Waals surface area contributed by atoms with E-state index in [1.165, 1.54) is 4.52 Å². The molecule has 3 aromatic heterocycles. The van der Waals surface area contributed by atoms with E-state index in [1.54, 1.807) is 36.5 Å². The molecule has 4 heterocycles. The normalized spacial score (nSPS) is 14.8. The predicted molar refractivity (Wildman–Crippen MR) is 89.1 cm³/mol. The standard InChI is InChI=1S/C16H14ClFN6O/c1-9-13(20-4-3-19-9)14-12(16(25)23-7-10(6-18)8-23)15-21-11(17)2-5-24(15)22-14/h2-5,10H,6-8H2,1H3. The maximum Gasteiger partial charge on any atom is 0.260 e. The summed E-state index contributed by atoms with van der Waals surface area (Å²) >= 11 is 6.00. The molecule has 0 saturated carbocycles. The summed E-state index contributed by atoms with van der Waals surface area (Å²) < 4.78 is 14.2. The zero-order valence-electron chi connectivity index (χ0n) is 13.4. The minimum atomic E-state index is -0.432. The molecule has 0 spiro atoms. The van der Waals surface area contributed by atoms with Crippen molar-refractivity contribution in [1.29, 1.82) is 0 Å². The maximum atomic E-state index is 13.0. The number of likely N-dealkylation sites (tertiary alicyclic amines) is 1. The van der Waals surface area contributed by atoms with E-state index in [0.717, 1.165) is 0 Å². The topological polar surface area (TPSA) is 76.3 Å². The lowest BCUT2D eigenvalue weighted by molar-refractivity contribution is 0.0455. The Morgan fingerprint density at radius 1 is 1.32 bits per heavy atom. The first-order valence-corrected chi connectivity index (χ1v) is 8.14. The van der Waals surface area contributed by atoms with Gasteiger partial charge < -0.3 is 4.90 Å². The van der Waals surface area contributed by atoms with Crippen LogP contribution < -0.4 is 0 Å². The van der Waals surface area contributed by atoms with Crippen molar-refractivity contribution >= 4 is 23.2 Å². The first-order valence-electron chi connectivity index (χ1n) is 7.76. The van der Waals surface area contributed by atoms with Crippen LogP contribution in [0.15, 0.2) is 24.7 Å². The molecule has 3 aromatic rings. The van der Waals surface area contributed by atoms with E-state index in [4.69, 9.17) is 11.6 Å². The lowest BCUT2D eigenvalue weighted by atomic mass is 10.00. The van der Waals surface area contributed by atoms with E-state index in [1.807, 2.05) is 0 Å². The highest BCUT2D eigenvalue weighted by molar-refractivity contribution is 6.29. The number of nitrogens with zero attached hydrogens (tertiary/aromatic N) is 6. The SMILES string of the molecule is Cc1nccnc1-c1nn2ccc(Cl)nc2c1C(=O)N1CC(CF)C1. The molecule has 0 aromatic carbocycles. The van der Waals surface area contributed by atoms with Crippen molar-refractivity contribution in [2.24, 2.45) is 5.92 Å². The molecule has 0 aliphatic carbocycles. The predicted octanol–water partition coefficient (Wildman–Crippen LogP) is 2.19. The number of halogens is 2. The third-order valence-corrected chi connectivity index (χ3v) is 4.44. The highest BCUT2D eigenvalue weighted by Crippen LogP contribution is 2.29. The van der Waals surface area contributed by atoms with E-state index >= 15 is 0 Å². The number of carbonyl (C=O) groups excluding carboxylic acids is 1. The number of hydrogen-bond donors (Lipinski definition) is 0. The van der Waals surface area contributed by atoms with Crippen LogP contribution in [0.1, 0.15) is 16.1 Å². The zero-order chi connectivity index (χ0) is 17.6. The first kappa shape index (κ1) is 15.9. The zero-order valence-corrected chi connectivity index (χ0v) is 14.1. The highest BCUT2D eigenvalue weighted by Gasteiger charge is 2.35. The molecular formula is C16H14ClFN6O. The van der Waals surface area contributed by atoms with Crippen LogP contribution in [0.25, 0.3) is 17.0 Å². The number of aryl methyl sites for hydroxylation is 1. The summed E-state index contributed by atoms with van der Waals surface area (Å²) in [5.74, 6) is -0.362. The van der Waals surface area contributed by atoms with Gasteiger partial charge in [-0.1, -0.05) is 11.6 Å². The first-order chi connectivity index (χ1) is 12.1. The molecular weight excluding hydrogens is 347 g/mol. The third-order valence-electron chi connectivity index (χ3n) is 4.23. The summed E-state index contributed by atoms with van der Waals surface area (Å²) in [5, 5.41) is 4.72. The third kappa shape index (κ3) is 2.62. The Morgan fingerprint density at radius 3 is 2.80 bits per heavy atom. The molecule has 4 rings (SSSR count). The summed E-state index contributed by atoms with van der Waals surface area (Å²) in [6, 6.07) is 1.59. The van der Waals surface area contributed by atoms with Crippen LogP contribution in [0.5, 0.6) is 0 Å². The van der Waals surface area contributed by atoms with Gasteiger partial charge in [0, 0.05) is 37.6 Å². The molecule has 1 fully saturated rings. The molecule has 9 heteroatoms. The van der Waals surface area contributed by atoms with E-state index in [2.05, 4.69) is 20.1 Å². The fraction of sp³-hybridized carbons (Fsp3) is 0.312. The largest absolute Gasteiger partial charge is 0.338 e. The number of amides is 1. The van der Waals surface area contributed by atoms with Crippen molar-refractivity contribution in [2.75, 3.05) is 19.8 Å². The fourth-order valence-electron chi connectivity index (χ4n) is 2.90. The Kier molecular flexibility index (Phi) is 3.84. The Labute approximate surface area is 147 Å². The monoisotopic (exact) mass is 360 g/mol. The molecule has 1 aliphatic rings. The molecule has 7 nitrogen and oxygen atoms in total. The number of rotatable bonds is 3. The van der Waals surface area contributed by atoms with Crippen molar-refractivity contribution in [2.45, 2.75) is 6.92 Å². The van der Waals surface area contributed by atoms with Crippen molar-refractivity contribution < 1.29 is 9.18 Å². The summed E-state index contributed by atoms with van der Waals surface area (Å²) in [6.45, 7) is 2.13. The van der Waals surface area contributed by atoms with Gasteiger partial charge in [0.2, 0.25) is 0 Å². The van der Waals surface area contributed by atoms with Crippen LogP contribution in [0.2, 0.25) is 5.15 Å². The van der Waals surface area contributed by atoms with Crippen LogP contribution in [-0.4, -0.2) is 55.1 Å². The highest BCUT2D eigenvalue weighted by atomic mass is 35.5. The van der Waals surface area contributed by atoms with Gasteiger partial charge in [-0.15, -0.1) is 0 Å². The van der Waals surface area contributed by atoms with E-state index in [-0.39, 0.29) is 17.0 Å². The van der Waals surface area contributed by atoms with Crippen LogP contribution in [0, 0.1) is 12.8 Å². The minimum absolute atomic E-state index is 0.107. The van der Waals surface area contributed by atoms with Crippen molar-refractivity contribution in [3.63, 3.8) is 0 Å². The van der Waals surface area contributed by atoms with Gasteiger partial charge in [-0.05, 0) is 13.0 Å². The van der Waals surface area contributed by atoms with Gasteiger partial charge in [0.1, 0.15) is 22.1 Å². The number of carbonyl (C=O) groups is 1. The van der Waals surface area contributed by atoms with Gasteiger partial charge in [-0.2, -0.15) is 5.10 Å². The average molecular weight is 361 g/mol. The summed E-state index contributed by atoms with van der Waals surface area (Å²) in [5.41, 5.74) is 2.21. The molecule has 0 atom stereocenters. The second-order valence-corrected chi connectivity index (χ2v) is 6.35. The fourth-order valence-corrected chi connectivity index (χ4v) is 3.04. The van der Waals surface area contributed by atoms with E-state index in [0.29, 0.717) is 41.4 Å². The Bertz CT molecular complexity index is 968. The quantitative estimate of drug-likeness (QED) is 0.669. The van der Waals surface area contributed by atoms with Gasteiger partial charge in [0.25, 0.3) is 5.91 Å². The minimum Gasteiger partial charge on any atom is -0.338 e. The number of hydrogen-bond acceptors (Lipinski definition) is 5. The van der Waals surface area contributed by atoms with Gasteiger partial charge in [0.15, 0.2) is 5.65 Å². The number of aromatic nitrogens is 5. The maximum absolute atomic E-state index is 13.0. The van der Waals surface area contributed by atoms with Crippen molar-refractivity contribution in [3.05, 3.63) is 41.1 Å². The van der Waals surface area contributed by atoms with Crippen molar-refractivity contribution in [3.8, 4) is 11.4 Å². The average Bonchev–Trinajstić information content (AvgIpc) is 2.92. The number of alkyl halides is 1. The molecule has 0 bridgehead atoms. The Morgan fingerprint density at radius 2 is 2.08 bits per heavy atom. The molecule has 1 saturated heterocycles. The smallest absolute Gasteiger partial charge is 0.260 e. The number of fused-ring (bicyclic) bond motifs is 1. The second kappa shape index (κ2) is 6.03.